The summed E-state index contributed by atoms with van der Waals surface area (Å²) in [6.45, 7) is 3.62. The maximum absolute atomic E-state index is 5.62. The van der Waals surface area contributed by atoms with Crippen molar-refractivity contribution in [3.63, 3.8) is 0 Å². The number of hydrogen-bond donors (Lipinski definition) is 1. The van der Waals surface area contributed by atoms with Gasteiger partial charge in [-0.05, 0) is 38.3 Å². The minimum absolute atomic E-state index is 0.297. The highest BCUT2D eigenvalue weighted by Crippen LogP contribution is 2.04. The molecule has 0 fully saturated rings. The van der Waals surface area contributed by atoms with Crippen LogP contribution in [-0.2, 0) is 11.2 Å². The summed E-state index contributed by atoms with van der Waals surface area (Å²) in [5, 5.41) is 0. The van der Waals surface area contributed by atoms with Gasteiger partial charge in [0.1, 0.15) is 0 Å². The molecule has 0 spiro atoms. The number of benzene rings is 1. The number of rotatable bonds is 7. The predicted octanol–water partition coefficient (Wildman–Crippen LogP) is 2.37. The molecule has 1 atom stereocenters. The first-order chi connectivity index (χ1) is 7.33. The van der Waals surface area contributed by atoms with Crippen LogP contribution in [0.1, 0.15) is 25.3 Å². The highest BCUT2D eigenvalue weighted by molar-refractivity contribution is 5.14. The van der Waals surface area contributed by atoms with E-state index in [-0.39, 0.29) is 0 Å². The fourth-order valence-corrected chi connectivity index (χ4v) is 1.52. The minimum atomic E-state index is 0.297. The molecular formula is C13H21NO. The molecule has 0 saturated heterocycles. The average molecular weight is 207 g/mol. The van der Waals surface area contributed by atoms with Crippen molar-refractivity contribution >= 4 is 0 Å². The van der Waals surface area contributed by atoms with Crippen LogP contribution < -0.4 is 5.73 Å². The lowest BCUT2D eigenvalue weighted by Crippen LogP contribution is -2.14. The Labute approximate surface area is 92.4 Å². The number of hydrogen-bond acceptors (Lipinski definition) is 2. The van der Waals surface area contributed by atoms with E-state index in [0.29, 0.717) is 12.6 Å². The molecule has 0 amide bonds. The summed E-state index contributed by atoms with van der Waals surface area (Å²) in [4.78, 5) is 0. The molecule has 0 saturated carbocycles. The van der Waals surface area contributed by atoms with Gasteiger partial charge in [0.15, 0.2) is 0 Å². The van der Waals surface area contributed by atoms with Gasteiger partial charge in [-0.25, -0.2) is 0 Å². The third-order valence-corrected chi connectivity index (χ3v) is 2.43. The molecule has 0 aliphatic carbocycles. The third kappa shape index (κ3) is 5.55. The lowest BCUT2D eigenvalue weighted by Gasteiger charge is -2.11. The molecule has 1 unspecified atom stereocenters. The Morgan fingerprint density at radius 1 is 1.27 bits per heavy atom. The summed E-state index contributed by atoms with van der Waals surface area (Å²) >= 11 is 0. The van der Waals surface area contributed by atoms with Crippen LogP contribution >= 0.6 is 0 Å². The first kappa shape index (κ1) is 12.2. The predicted molar refractivity (Wildman–Crippen MR) is 63.8 cm³/mol. The van der Waals surface area contributed by atoms with Crippen LogP contribution in [-0.4, -0.2) is 19.3 Å². The number of nitrogens with two attached hydrogens (primary N) is 1. The molecule has 1 aromatic rings. The summed E-state index contributed by atoms with van der Waals surface area (Å²) in [7, 11) is 0. The number of aryl methyl sites for hydroxylation is 1. The van der Waals surface area contributed by atoms with Gasteiger partial charge in [-0.3, -0.25) is 0 Å². The van der Waals surface area contributed by atoms with E-state index in [0.717, 1.165) is 25.9 Å². The zero-order valence-corrected chi connectivity index (χ0v) is 9.49. The zero-order chi connectivity index (χ0) is 10.9. The first-order valence-corrected chi connectivity index (χ1v) is 5.68. The van der Waals surface area contributed by atoms with E-state index in [4.69, 9.17) is 10.5 Å². The van der Waals surface area contributed by atoms with E-state index in [1.165, 1.54) is 5.56 Å². The zero-order valence-electron chi connectivity index (χ0n) is 9.49. The Kier molecular flexibility index (Phi) is 6.05. The SMILES string of the molecule is CC(CCN)OCCCc1ccccc1. The highest BCUT2D eigenvalue weighted by atomic mass is 16.5. The summed E-state index contributed by atoms with van der Waals surface area (Å²) in [6.07, 6.45) is 3.42. The fraction of sp³-hybridized carbons (Fsp3) is 0.538. The molecule has 0 aromatic heterocycles. The second-order valence-corrected chi connectivity index (χ2v) is 3.85. The van der Waals surface area contributed by atoms with Crippen molar-refractivity contribution in [2.45, 2.75) is 32.3 Å². The molecule has 1 rings (SSSR count). The van der Waals surface area contributed by atoms with Crippen LogP contribution in [0.2, 0.25) is 0 Å². The molecule has 0 aliphatic rings. The van der Waals surface area contributed by atoms with Crippen molar-refractivity contribution in [2.75, 3.05) is 13.2 Å². The van der Waals surface area contributed by atoms with E-state index in [2.05, 4.69) is 31.2 Å². The summed E-state index contributed by atoms with van der Waals surface area (Å²) in [6, 6.07) is 10.5. The van der Waals surface area contributed by atoms with Crippen LogP contribution in [0.25, 0.3) is 0 Å². The lowest BCUT2D eigenvalue weighted by molar-refractivity contribution is 0.0605. The molecule has 2 nitrogen and oxygen atoms in total. The minimum Gasteiger partial charge on any atom is -0.378 e. The number of ether oxygens (including phenoxy) is 1. The van der Waals surface area contributed by atoms with Gasteiger partial charge in [0.25, 0.3) is 0 Å². The molecule has 15 heavy (non-hydrogen) atoms. The largest absolute Gasteiger partial charge is 0.378 e. The van der Waals surface area contributed by atoms with E-state index < -0.39 is 0 Å². The van der Waals surface area contributed by atoms with Gasteiger partial charge in [0.2, 0.25) is 0 Å². The molecule has 0 heterocycles. The van der Waals surface area contributed by atoms with Crippen LogP contribution in [0.4, 0.5) is 0 Å². The quantitative estimate of drug-likeness (QED) is 0.697. The highest BCUT2D eigenvalue weighted by Gasteiger charge is 1.99. The van der Waals surface area contributed by atoms with Crippen molar-refractivity contribution in [3.8, 4) is 0 Å². The normalized spacial score (nSPS) is 12.7. The summed E-state index contributed by atoms with van der Waals surface area (Å²) in [5.74, 6) is 0. The van der Waals surface area contributed by atoms with Crippen molar-refractivity contribution in [2.24, 2.45) is 5.73 Å². The Balaban J connectivity index is 2.07. The molecule has 2 N–H and O–H groups in total. The first-order valence-electron chi connectivity index (χ1n) is 5.68. The molecular weight excluding hydrogens is 186 g/mol. The van der Waals surface area contributed by atoms with Crippen molar-refractivity contribution < 1.29 is 4.74 Å². The third-order valence-electron chi connectivity index (χ3n) is 2.43. The van der Waals surface area contributed by atoms with Gasteiger partial charge in [0, 0.05) is 6.61 Å². The Hall–Kier alpha value is -0.860. The van der Waals surface area contributed by atoms with Crippen molar-refractivity contribution in [3.05, 3.63) is 35.9 Å². The van der Waals surface area contributed by atoms with E-state index in [1.807, 2.05) is 6.07 Å². The van der Waals surface area contributed by atoms with Gasteiger partial charge in [0.05, 0.1) is 6.10 Å². The van der Waals surface area contributed by atoms with Gasteiger partial charge in [-0.2, -0.15) is 0 Å². The van der Waals surface area contributed by atoms with E-state index in [9.17, 15) is 0 Å². The summed E-state index contributed by atoms with van der Waals surface area (Å²) in [5.41, 5.74) is 6.83. The molecule has 0 bridgehead atoms. The molecule has 0 radical (unpaired) electrons. The Morgan fingerprint density at radius 3 is 2.67 bits per heavy atom. The van der Waals surface area contributed by atoms with Crippen LogP contribution in [0, 0.1) is 0 Å². The molecule has 0 aliphatic heterocycles. The van der Waals surface area contributed by atoms with Gasteiger partial charge >= 0.3 is 0 Å². The second kappa shape index (κ2) is 7.43. The van der Waals surface area contributed by atoms with Gasteiger partial charge < -0.3 is 10.5 Å². The van der Waals surface area contributed by atoms with E-state index in [1.54, 1.807) is 0 Å². The fourth-order valence-electron chi connectivity index (χ4n) is 1.52. The van der Waals surface area contributed by atoms with Crippen molar-refractivity contribution in [1.29, 1.82) is 0 Å². The molecule has 2 heteroatoms. The van der Waals surface area contributed by atoms with Gasteiger partial charge in [-0.1, -0.05) is 30.3 Å². The molecule has 84 valence electrons. The lowest BCUT2D eigenvalue weighted by atomic mass is 10.1. The maximum Gasteiger partial charge on any atom is 0.0559 e. The molecule has 1 aromatic carbocycles. The second-order valence-electron chi connectivity index (χ2n) is 3.85. The van der Waals surface area contributed by atoms with Crippen molar-refractivity contribution in [1.82, 2.24) is 0 Å². The smallest absolute Gasteiger partial charge is 0.0559 e. The standard InChI is InChI=1S/C13H21NO/c1-12(9-10-14)15-11-5-8-13-6-3-2-4-7-13/h2-4,6-7,12H,5,8-11,14H2,1H3. The Morgan fingerprint density at radius 2 is 2.00 bits per heavy atom. The topological polar surface area (TPSA) is 35.2 Å². The summed E-state index contributed by atoms with van der Waals surface area (Å²) < 4.78 is 5.62. The van der Waals surface area contributed by atoms with Crippen LogP contribution in [0.3, 0.4) is 0 Å². The average Bonchev–Trinajstić information content (AvgIpc) is 2.26. The van der Waals surface area contributed by atoms with E-state index >= 15 is 0 Å². The van der Waals surface area contributed by atoms with Crippen LogP contribution in [0.5, 0.6) is 0 Å². The maximum atomic E-state index is 5.62. The Bertz CT molecular complexity index is 248. The monoisotopic (exact) mass is 207 g/mol. The van der Waals surface area contributed by atoms with Crippen LogP contribution in [0.15, 0.2) is 30.3 Å². The van der Waals surface area contributed by atoms with Gasteiger partial charge in [-0.15, -0.1) is 0 Å².